The molecule has 7 heteroatoms. The summed E-state index contributed by atoms with van der Waals surface area (Å²) in [6.07, 6.45) is 43.8. The SMILES string of the molecule is CC1CC=CC2=C1N(C1CC(N3C4=C(CCCC4)C4CCC=CC43)C(C#N)C=C1C1NC(C3CCCCC3)NC(C3CCCC4C5CCCCC5OC34)N1)C1C(C)CCCC21. The van der Waals surface area contributed by atoms with Crippen LogP contribution in [0.1, 0.15) is 162 Å². The van der Waals surface area contributed by atoms with Crippen molar-refractivity contribution in [3.63, 3.8) is 0 Å². The number of nitrogens with zero attached hydrogens (tertiary/aromatic N) is 3. The van der Waals surface area contributed by atoms with Crippen LogP contribution < -0.4 is 16.0 Å². The fourth-order valence-electron chi connectivity index (χ4n) is 17.1. The zero-order valence-corrected chi connectivity index (χ0v) is 37.8. The Bertz CT molecular complexity index is 1870. The molecule has 6 fully saturated rings. The molecule has 330 valence electrons. The summed E-state index contributed by atoms with van der Waals surface area (Å²) < 4.78 is 7.24. The van der Waals surface area contributed by atoms with Gasteiger partial charge in [0.2, 0.25) is 0 Å². The number of hydrogen-bond acceptors (Lipinski definition) is 7. The van der Waals surface area contributed by atoms with E-state index < -0.39 is 0 Å². The predicted molar refractivity (Wildman–Crippen MR) is 243 cm³/mol. The van der Waals surface area contributed by atoms with Gasteiger partial charge in [-0.15, -0.1) is 0 Å². The average molecular weight is 827 g/mol. The molecular formula is C54H78N6O. The quantitative estimate of drug-likeness (QED) is 0.238. The number of allylic oxidation sites excluding steroid dienone is 5. The topological polar surface area (TPSA) is 75.6 Å². The van der Waals surface area contributed by atoms with Crippen molar-refractivity contribution in [1.82, 2.24) is 25.8 Å². The first-order valence-electron chi connectivity index (χ1n) is 26.5. The highest BCUT2D eigenvalue weighted by Gasteiger charge is 2.56. The summed E-state index contributed by atoms with van der Waals surface area (Å²) in [4.78, 5) is 5.98. The van der Waals surface area contributed by atoms with E-state index in [2.05, 4.69) is 76.0 Å². The normalized spacial score (nSPS) is 47.2. The third kappa shape index (κ3) is 6.74. The molecule has 61 heavy (non-hydrogen) atoms. The Morgan fingerprint density at radius 2 is 1.54 bits per heavy atom. The van der Waals surface area contributed by atoms with Gasteiger partial charge in [-0.25, -0.2) is 0 Å². The van der Waals surface area contributed by atoms with E-state index in [0.717, 1.165) is 24.7 Å². The van der Waals surface area contributed by atoms with Crippen LogP contribution >= 0.6 is 0 Å². The molecule has 0 spiro atoms. The van der Waals surface area contributed by atoms with Crippen molar-refractivity contribution in [1.29, 1.82) is 5.26 Å². The van der Waals surface area contributed by atoms with Crippen molar-refractivity contribution in [2.45, 2.75) is 216 Å². The van der Waals surface area contributed by atoms with Crippen molar-refractivity contribution in [2.24, 2.45) is 53.3 Å². The standard InChI is InChI=1S/C54H78N6O/c1-32-15-12-22-39-40-23-13-16-33(2)50(40)60(49(32)39)47-30-46(59-44-26-9-6-19-36(44)37-20-7-10-27-45(37)59)35(31-55)29-43(47)54-57-52(34-17-4-3-5-18-34)56-53(58-54)42-25-14-24-41-38-21-8-11-28-48(38)61-51(41)42/h9,12,22,26,29,32-36,38,40-42,44,46-48,50-54,56-58H,3-8,10-11,13-21,23-25,27-28,30H2,1-2H3. The van der Waals surface area contributed by atoms with Gasteiger partial charge in [-0.2, -0.15) is 5.26 Å². The molecule has 3 N–H and O–H groups in total. The fourth-order valence-corrected chi connectivity index (χ4v) is 17.1. The van der Waals surface area contributed by atoms with E-state index in [9.17, 15) is 5.26 Å². The molecule has 8 aliphatic carbocycles. The zero-order chi connectivity index (χ0) is 40.8. The van der Waals surface area contributed by atoms with Crippen LogP contribution in [0.3, 0.4) is 0 Å². The van der Waals surface area contributed by atoms with Crippen LogP contribution in [0.5, 0.6) is 0 Å². The Labute approximate surface area is 368 Å². The maximum atomic E-state index is 11.5. The van der Waals surface area contributed by atoms with Crippen molar-refractivity contribution in [2.75, 3.05) is 0 Å². The van der Waals surface area contributed by atoms with Crippen LogP contribution in [0.25, 0.3) is 0 Å². The molecule has 4 aliphatic heterocycles. The van der Waals surface area contributed by atoms with Gasteiger partial charge in [-0.1, -0.05) is 89.2 Å². The molecule has 17 atom stereocenters. The Hall–Kier alpha value is -2.37. The highest BCUT2D eigenvalue weighted by Crippen LogP contribution is 2.55. The second kappa shape index (κ2) is 16.6. The number of nitrogens with one attached hydrogen (secondary N) is 3. The minimum Gasteiger partial charge on any atom is -0.374 e. The summed E-state index contributed by atoms with van der Waals surface area (Å²) in [5.41, 5.74) is 8.23. The predicted octanol–water partition coefficient (Wildman–Crippen LogP) is 10.4. The van der Waals surface area contributed by atoms with Gasteiger partial charge in [0.05, 0.1) is 60.8 Å². The monoisotopic (exact) mass is 827 g/mol. The lowest BCUT2D eigenvalue weighted by molar-refractivity contribution is -0.0493. The molecule has 17 unspecified atom stereocenters. The van der Waals surface area contributed by atoms with E-state index in [4.69, 9.17) is 4.74 Å². The van der Waals surface area contributed by atoms with Crippen LogP contribution in [0.4, 0.5) is 0 Å². The minimum absolute atomic E-state index is 0.0332. The lowest BCUT2D eigenvalue weighted by Crippen LogP contribution is -2.73. The smallest absolute Gasteiger partial charge is 0.0852 e. The summed E-state index contributed by atoms with van der Waals surface area (Å²) in [5, 5.41) is 24.6. The van der Waals surface area contributed by atoms with Crippen LogP contribution in [0.2, 0.25) is 0 Å². The van der Waals surface area contributed by atoms with E-state index in [1.54, 1.807) is 22.5 Å². The average Bonchev–Trinajstić information content (AvgIpc) is 3.98. The molecule has 12 rings (SSSR count). The van der Waals surface area contributed by atoms with Gasteiger partial charge in [0, 0.05) is 35.2 Å². The third-order valence-electron chi connectivity index (χ3n) is 19.6. The maximum Gasteiger partial charge on any atom is 0.0852 e. The summed E-state index contributed by atoms with van der Waals surface area (Å²) in [5.74, 6) is 4.90. The van der Waals surface area contributed by atoms with Gasteiger partial charge in [0.25, 0.3) is 0 Å². The lowest BCUT2D eigenvalue weighted by Gasteiger charge is -2.54. The van der Waals surface area contributed by atoms with Crippen LogP contribution in [-0.2, 0) is 4.74 Å². The Balaban J connectivity index is 0.964. The highest BCUT2D eigenvalue weighted by atomic mass is 16.5. The van der Waals surface area contributed by atoms with Crippen molar-refractivity contribution >= 4 is 0 Å². The summed E-state index contributed by atoms with van der Waals surface area (Å²) in [6, 6.07) is 4.44. The molecule has 12 aliphatic rings. The summed E-state index contributed by atoms with van der Waals surface area (Å²) in [7, 11) is 0. The van der Waals surface area contributed by atoms with Crippen LogP contribution in [-0.4, -0.2) is 64.7 Å². The first-order valence-corrected chi connectivity index (χ1v) is 26.5. The minimum atomic E-state index is -0.138. The Kier molecular flexibility index (Phi) is 10.9. The Morgan fingerprint density at radius 1 is 0.738 bits per heavy atom. The van der Waals surface area contributed by atoms with E-state index >= 15 is 0 Å². The number of rotatable bonds is 5. The van der Waals surface area contributed by atoms with E-state index in [1.165, 1.54) is 140 Å². The van der Waals surface area contributed by atoms with Crippen molar-refractivity contribution in [3.8, 4) is 6.07 Å². The molecule has 2 saturated heterocycles. The number of ether oxygens (including phenoxy) is 1. The molecule has 4 saturated carbocycles. The number of nitriles is 1. The zero-order valence-electron chi connectivity index (χ0n) is 37.8. The van der Waals surface area contributed by atoms with Gasteiger partial charge < -0.3 is 14.5 Å². The van der Waals surface area contributed by atoms with Gasteiger partial charge in [0.15, 0.2) is 0 Å². The first kappa shape index (κ1) is 40.2. The van der Waals surface area contributed by atoms with Crippen LogP contribution in [0.15, 0.2) is 58.5 Å². The fraction of sp³-hybridized carbons (Fsp3) is 0.796. The summed E-state index contributed by atoms with van der Waals surface area (Å²) in [6.45, 7) is 5.12. The van der Waals surface area contributed by atoms with Gasteiger partial charge >= 0.3 is 0 Å². The molecule has 0 amide bonds. The molecule has 0 radical (unpaired) electrons. The second-order valence-electron chi connectivity index (χ2n) is 22.8. The summed E-state index contributed by atoms with van der Waals surface area (Å²) >= 11 is 0. The number of hydrogen-bond donors (Lipinski definition) is 3. The molecule has 0 aromatic heterocycles. The molecule has 0 aromatic rings. The van der Waals surface area contributed by atoms with Crippen molar-refractivity contribution < 1.29 is 4.74 Å². The third-order valence-corrected chi connectivity index (χ3v) is 19.6. The maximum absolute atomic E-state index is 11.5. The molecule has 0 aromatic carbocycles. The van der Waals surface area contributed by atoms with Gasteiger partial charge in [-0.05, 0) is 149 Å². The molecule has 0 bridgehead atoms. The van der Waals surface area contributed by atoms with E-state index in [-0.39, 0.29) is 36.5 Å². The van der Waals surface area contributed by atoms with Crippen LogP contribution in [0, 0.1) is 64.6 Å². The number of fused-ring (bicyclic) bond motifs is 7. The molecule has 4 heterocycles. The first-order chi connectivity index (χ1) is 30.1. The second-order valence-corrected chi connectivity index (χ2v) is 22.8. The largest absolute Gasteiger partial charge is 0.374 e. The van der Waals surface area contributed by atoms with Crippen molar-refractivity contribution in [3.05, 3.63) is 58.5 Å². The van der Waals surface area contributed by atoms with Gasteiger partial charge in [0.1, 0.15) is 0 Å². The molecular weight excluding hydrogens is 749 g/mol. The van der Waals surface area contributed by atoms with Gasteiger partial charge in [-0.3, -0.25) is 16.0 Å². The highest BCUT2D eigenvalue weighted by molar-refractivity contribution is 5.43. The van der Waals surface area contributed by atoms with E-state index in [1.807, 2.05) is 0 Å². The van der Waals surface area contributed by atoms with E-state index in [0.29, 0.717) is 59.8 Å². The Morgan fingerprint density at radius 3 is 2.44 bits per heavy atom. The molecule has 7 nitrogen and oxygen atoms in total. The lowest BCUT2D eigenvalue weighted by atomic mass is 9.69.